The number of thioether (sulfide) groups is 1. The first-order chi connectivity index (χ1) is 15.8. The zero-order valence-electron chi connectivity index (χ0n) is 17.2. The van der Waals surface area contributed by atoms with Gasteiger partial charge in [-0.2, -0.15) is 0 Å². The predicted molar refractivity (Wildman–Crippen MR) is 124 cm³/mol. The Kier molecular flexibility index (Phi) is 5.81. The monoisotopic (exact) mass is 441 g/mol. The highest BCUT2D eigenvalue weighted by atomic mass is 32.2. The molecule has 5 nitrogen and oxygen atoms in total. The highest BCUT2D eigenvalue weighted by Crippen LogP contribution is 2.29. The second kappa shape index (κ2) is 9.20. The van der Waals surface area contributed by atoms with E-state index in [0.29, 0.717) is 11.6 Å². The van der Waals surface area contributed by atoms with E-state index in [9.17, 15) is 4.39 Å². The van der Waals surface area contributed by atoms with Crippen LogP contribution < -0.4 is 0 Å². The molecule has 3 aromatic carbocycles. The zero-order valence-corrected chi connectivity index (χ0v) is 18.0. The molecule has 5 rings (SSSR count). The van der Waals surface area contributed by atoms with E-state index < -0.39 is 0 Å². The molecule has 0 unspecified atom stereocenters. The number of rotatable bonds is 7. The van der Waals surface area contributed by atoms with Crippen LogP contribution in [0.3, 0.4) is 0 Å². The maximum Gasteiger partial charge on any atom is 0.196 e. The minimum Gasteiger partial charge on any atom is -0.330 e. The maximum absolute atomic E-state index is 13.6. The number of hydrogen-bond acceptors (Lipinski definition) is 4. The minimum atomic E-state index is -0.278. The number of aromatic nitrogens is 5. The third kappa shape index (κ3) is 4.33. The van der Waals surface area contributed by atoms with Gasteiger partial charge in [-0.25, -0.2) is 9.37 Å². The molecular weight excluding hydrogens is 421 g/mol. The van der Waals surface area contributed by atoms with Crippen LogP contribution >= 0.6 is 11.8 Å². The molecule has 158 valence electrons. The van der Waals surface area contributed by atoms with Crippen molar-refractivity contribution in [3.63, 3.8) is 0 Å². The molecule has 0 saturated heterocycles. The Morgan fingerprint density at radius 1 is 0.812 bits per heavy atom. The van der Waals surface area contributed by atoms with Crippen LogP contribution in [-0.2, 0) is 12.3 Å². The molecule has 5 aromatic rings. The van der Waals surface area contributed by atoms with E-state index in [1.54, 1.807) is 23.9 Å². The van der Waals surface area contributed by atoms with E-state index in [1.807, 2.05) is 65.5 Å². The van der Waals surface area contributed by atoms with E-state index in [2.05, 4.69) is 31.9 Å². The molecule has 0 saturated carbocycles. The fourth-order valence-corrected chi connectivity index (χ4v) is 4.41. The van der Waals surface area contributed by atoms with Gasteiger partial charge < -0.3 is 4.57 Å². The Balaban J connectivity index is 1.44. The summed E-state index contributed by atoms with van der Waals surface area (Å²) in [7, 11) is 0. The Morgan fingerprint density at radius 3 is 2.28 bits per heavy atom. The second-order valence-electron chi connectivity index (χ2n) is 7.23. The van der Waals surface area contributed by atoms with Gasteiger partial charge in [0, 0.05) is 30.2 Å². The summed E-state index contributed by atoms with van der Waals surface area (Å²) in [6.07, 6.45) is 3.81. The van der Waals surface area contributed by atoms with E-state index in [1.165, 1.54) is 17.7 Å². The van der Waals surface area contributed by atoms with Crippen molar-refractivity contribution in [3.05, 3.63) is 115 Å². The number of benzene rings is 3. The lowest BCUT2D eigenvalue weighted by molar-refractivity contribution is 0.627. The van der Waals surface area contributed by atoms with Crippen LogP contribution in [0.1, 0.15) is 11.4 Å². The zero-order chi connectivity index (χ0) is 21.8. The number of hydrogen-bond donors (Lipinski definition) is 0. The van der Waals surface area contributed by atoms with Crippen LogP contribution in [-0.4, -0.2) is 24.3 Å². The lowest BCUT2D eigenvalue weighted by Crippen LogP contribution is -2.04. The van der Waals surface area contributed by atoms with Gasteiger partial charge in [0.1, 0.15) is 11.6 Å². The van der Waals surface area contributed by atoms with E-state index in [4.69, 9.17) is 0 Å². The summed E-state index contributed by atoms with van der Waals surface area (Å²) in [6, 6.07) is 26.6. The predicted octanol–water partition coefficient (Wildman–Crippen LogP) is 5.61. The first kappa shape index (κ1) is 20.2. The summed E-state index contributed by atoms with van der Waals surface area (Å²) in [5.74, 6) is 2.02. The topological polar surface area (TPSA) is 48.5 Å². The fraction of sp³-hybridized carbons (Fsp3) is 0.0800. The van der Waals surface area contributed by atoms with Gasteiger partial charge in [-0.05, 0) is 29.8 Å². The molecule has 0 fully saturated rings. The van der Waals surface area contributed by atoms with Crippen LogP contribution in [0.2, 0.25) is 0 Å². The van der Waals surface area contributed by atoms with Gasteiger partial charge in [0.25, 0.3) is 0 Å². The van der Waals surface area contributed by atoms with Crippen molar-refractivity contribution in [1.29, 1.82) is 0 Å². The molecule has 0 radical (unpaired) electrons. The lowest BCUT2D eigenvalue weighted by Gasteiger charge is -2.11. The smallest absolute Gasteiger partial charge is 0.196 e. The van der Waals surface area contributed by atoms with Crippen molar-refractivity contribution in [1.82, 2.24) is 24.3 Å². The summed E-state index contributed by atoms with van der Waals surface area (Å²) >= 11 is 1.56. The molecule has 0 N–H and O–H groups in total. The molecule has 2 aromatic heterocycles. The summed E-state index contributed by atoms with van der Waals surface area (Å²) in [4.78, 5) is 4.54. The number of imidazole rings is 1. The first-order valence-corrected chi connectivity index (χ1v) is 11.2. The van der Waals surface area contributed by atoms with Gasteiger partial charge in [-0.15, -0.1) is 10.2 Å². The summed E-state index contributed by atoms with van der Waals surface area (Å²) in [6.45, 7) is 0.761. The van der Waals surface area contributed by atoms with Gasteiger partial charge in [-0.1, -0.05) is 72.4 Å². The van der Waals surface area contributed by atoms with Crippen LogP contribution in [0.15, 0.2) is 102 Å². The second-order valence-corrected chi connectivity index (χ2v) is 8.17. The molecule has 7 heteroatoms. The normalized spacial score (nSPS) is 11.0. The molecule has 0 aliphatic carbocycles. The number of halogens is 1. The standard InChI is InChI=1S/C25H20FN5S/c26-21-11-13-22(14-12-21)31-24(20-9-5-2-6-10-20)28-29-25(31)32-18-23-27-15-16-30(23)17-19-7-3-1-4-8-19/h1-16H,17-18H2. The van der Waals surface area contributed by atoms with Crippen molar-refractivity contribution < 1.29 is 4.39 Å². The summed E-state index contributed by atoms with van der Waals surface area (Å²) in [5.41, 5.74) is 2.98. The molecule has 0 aliphatic heterocycles. The highest BCUT2D eigenvalue weighted by molar-refractivity contribution is 7.98. The molecule has 0 amide bonds. The van der Waals surface area contributed by atoms with Crippen LogP contribution in [0.5, 0.6) is 0 Å². The van der Waals surface area contributed by atoms with Crippen molar-refractivity contribution in [2.24, 2.45) is 0 Å². The Bertz CT molecular complexity index is 1300. The van der Waals surface area contributed by atoms with Crippen molar-refractivity contribution in [2.45, 2.75) is 17.5 Å². The Hall–Kier alpha value is -3.71. The molecule has 2 heterocycles. The largest absolute Gasteiger partial charge is 0.330 e. The highest BCUT2D eigenvalue weighted by Gasteiger charge is 2.17. The van der Waals surface area contributed by atoms with Crippen molar-refractivity contribution in [3.8, 4) is 17.1 Å². The van der Waals surface area contributed by atoms with Gasteiger partial charge >= 0.3 is 0 Å². The average molecular weight is 442 g/mol. The van der Waals surface area contributed by atoms with Gasteiger partial charge in [0.05, 0.1) is 5.75 Å². The van der Waals surface area contributed by atoms with E-state index in [-0.39, 0.29) is 5.82 Å². The first-order valence-electron chi connectivity index (χ1n) is 10.2. The van der Waals surface area contributed by atoms with Crippen molar-refractivity contribution >= 4 is 11.8 Å². The third-order valence-corrected chi connectivity index (χ3v) is 6.00. The quantitative estimate of drug-likeness (QED) is 0.308. The van der Waals surface area contributed by atoms with Crippen molar-refractivity contribution in [2.75, 3.05) is 0 Å². The molecular formula is C25H20FN5S. The molecule has 0 bridgehead atoms. The van der Waals surface area contributed by atoms with E-state index in [0.717, 1.165) is 28.8 Å². The molecule has 32 heavy (non-hydrogen) atoms. The summed E-state index contributed by atoms with van der Waals surface area (Å²) < 4.78 is 17.7. The Morgan fingerprint density at radius 2 is 1.53 bits per heavy atom. The SMILES string of the molecule is Fc1ccc(-n2c(SCc3nccn3Cc3ccccc3)nnc2-c2ccccc2)cc1. The van der Waals surface area contributed by atoms with Crippen LogP contribution in [0, 0.1) is 5.82 Å². The fourth-order valence-electron chi connectivity index (χ4n) is 3.49. The summed E-state index contributed by atoms with van der Waals surface area (Å²) in [5, 5.41) is 9.62. The molecule has 0 spiro atoms. The van der Waals surface area contributed by atoms with Crippen LogP contribution in [0.4, 0.5) is 4.39 Å². The average Bonchev–Trinajstić information content (AvgIpc) is 3.46. The number of nitrogens with zero attached hydrogens (tertiary/aromatic N) is 5. The maximum atomic E-state index is 13.6. The van der Waals surface area contributed by atoms with Gasteiger partial charge in [0.15, 0.2) is 11.0 Å². The molecule has 0 atom stereocenters. The lowest BCUT2D eigenvalue weighted by atomic mass is 10.2. The van der Waals surface area contributed by atoms with Gasteiger partial charge in [-0.3, -0.25) is 4.57 Å². The van der Waals surface area contributed by atoms with Gasteiger partial charge in [0.2, 0.25) is 0 Å². The third-order valence-electron chi connectivity index (χ3n) is 5.08. The Labute approximate surface area is 189 Å². The molecule has 0 aliphatic rings. The van der Waals surface area contributed by atoms with Crippen LogP contribution in [0.25, 0.3) is 17.1 Å². The minimum absolute atomic E-state index is 0.278. The van der Waals surface area contributed by atoms with E-state index >= 15 is 0 Å².